The summed E-state index contributed by atoms with van der Waals surface area (Å²) in [7, 11) is 0. The molecule has 1 atom stereocenters. The lowest BCUT2D eigenvalue weighted by Gasteiger charge is -2.14. The first-order valence-corrected chi connectivity index (χ1v) is 6.07. The first-order chi connectivity index (χ1) is 9.13. The molecular formula is C12H12ClN3O3. The lowest BCUT2D eigenvalue weighted by atomic mass is 9.98. The van der Waals surface area contributed by atoms with Gasteiger partial charge in [0.25, 0.3) is 0 Å². The molecule has 100 valence electrons. The largest absolute Gasteiger partial charge is 0.465 e. The Morgan fingerprint density at radius 2 is 2.21 bits per heavy atom. The Labute approximate surface area is 113 Å². The average molecular weight is 282 g/mol. The summed E-state index contributed by atoms with van der Waals surface area (Å²) in [6.07, 6.45) is 0. The van der Waals surface area contributed by atoms with E-state index in [0.717, 1.165) is 0 Å². The van der Waals surface area contributed by atoms with Crippen LogP contribution in [-0.4, -0.2) is 27.8 Å². The van der Waals surface area contributed by atoms with E-state index in [4.69, 9.17) is 16.3 Å². The maximum atomic E-state index is 12.0. The minimum absolute atomic E-state index is 0.177. The number of carbonyl (C=O) groups is 1. The zero-order valence-electron chi connectivity index (χ0n) is 10.1. The van der Waals surface area contributed by atoms with Gasteiger partial charge in [-0.05, 0) is 18.6 Å². The van der Waals surface area contributed by atoms with Crippen LogP contribution in [0, 0.1) is 0 Å². The molecule has 0 radical (unpaired) electrons. The van der Waals surface area contributed by atoms with Crippen LogP contribution in [0.1, 0.15) is 24.2 Å². The van der Waals surface area contributed by atoms with Gasteiger partial charge in [-0.3, -0.25) is 9.78 Å². The van der Waals surface area contributed by atoms with Gasteiger partial charge in [-0.2, -0.15) is 5.10 Å². The van der Waals surface area contributed by atoms with E-state index in [1.807, 2.05) is 0 Å². The number of ether oxygens (including phenoxy) is 1. The molecule has 0 spiro atoms. The van der Waals surface area contributed by atoms with Crippen LogP contribution in [0.15, 0.2) is 29.1 Å². The molecule has 0 saturated carbocycles. The molecular weight excluding hydrogens is 270 g/mol. The van der Waals surface area contributed by atoms with Gasteiger partial charge in [-0.1, -0.05) is 29.8 Å². The summed E-state index contributed by atoms with van der Waals surface area (Å²) in [5, 5.41) is 6.41. The van der Waals surface area contributed by atoms with Crippen LogP contribution in [0.25, 0.3) is 0 Å². The molecule has 1 aromatic heterocycles. The molecule has 7 heteroatoms. The Bertz CT molecular complexity index is 635. The number of hydrogen-bond acceptors (Lipinski definition) is 4. The number of esters is 1. The van der Waals surface area contributed by atoms with Crippen LogP contribution in [-0.2, 0) is 9.53 Å². The van der Waals surface area contributed by atoms with Crippen molar-refractivity contribution in [2.75, 3.05) is 6.61 Å². The third-order valence-corrected chi connectivity index (χ3v) is 2.88. The minimum Gasteiger partial charge on any atom is -0.465 e. The number of aromatic amines is 2. The van der Waals surface area contributed by atoms with Crippen LogP contribution >= 0.6 is 11.6 Å². The molecule has 6 nitrogen and oxygen atoms in total. The Hall–Kier alpha value is -2.08. The maximum absolute atomic E-state index is 12.0. The van der Waals surface area contributed by atoms with Crippen molar-refractivity contribution in [3.05, 3.63) is 51.2 Å². The molecule has 19 heavy (non-hydrogen) atoms. The molecule has 2 aromatic rings. The topological polar surface area (TPSA) is 87.8 Å². The summed E-state index contributed by atoms with van der Waals surface area (Å²) in [5.41, 5.74) is 0.0433. The molecule has 1 heterocycles. The van der Waals surface area contributed by atoms with Gasteiger partial charge in [-0.15, -0.1) is 0 Å². The molecule has 0 aliphatic rings. The van der Waals surface area contributed by atoms with E-state index >= 15 is 0 Å². The third-order valence-electron chi connectivity index (χ3n) is 2.53. The van der Waals surface area contributed by atoms with E-state index < -0.39 is 17.6 Å². The summed E-state index contributed by atoms with van der Waals surface area (Å²) in [6.45, 7) is 1.93. The summed E-state index contributed by atoms with van der Waals surface area (Å²) >= 11 is 6.08. The van der Waals surface area contributed by atoms with Gasteiger partial charge in [0.15, 0.2) is 0 Å². The zero-order valence-corrected chi connectivity index (χ0v) is 10.9. The van der Waals surface area contributed by atoms with Gasteiger partial charge in [0, 0.05) is 5.02 Å². The highest BCUT2D eigenvalue weighted by Crippen LogP contribution is 2.28. The normalized spacial score (nSPS) is 12.1. The third kappa shape index (κ3) is 2.85. The fraction of sp³-hybridized carbons (Fsp3) is 0.250. The molecule has 2 rings (SSSR count). The number of rotatable bonds is 4. The molecule has 0 aliphatic heterocycles. The maximum Gasteiger partial charge on any atom is 0.340 e. The van der Waals surface area contributed by atoms with Gasteiger partial charge in [0.1, 0.15) is 11.7 Å². The highest BCUT2D eigenvalue weighted by molar-refractivity contribution is 6.31. The van der Waals surface area contributed by atoms with Gasteiger partial charge >= 0.3 is 11.7 Å². The predicted molar refractivity (Wildman–Crippen MR) is 69.1 cm³/mol. The van der Waals surface area contributed by atoms with Crippen molar-refractivity contribution in [2.45, 2.75) is 12.8 Å². The second kappa shape index (κ2) is 5.71. The monoisotopic (exact) mass is 281 g/mol. The van der Waals surface area contributed by atoms with Crippen molar-refractivity contribution in [1.82, 2.24) is 15.2 Å². The van der Waals surface area contributed by atoms with E-state index in [0.29, 0.717) is 10.6 Å². The van der Waals surface area contributed by atoms with Crippen LogP contribution in [0.3, 0.4) is 0 Å². The SMILES string of the molecule is CCOC(=O)C(c1n[nH]c(=O)[nH]1)c1ccccc1Cl. The molecule has 2 N–H and O–H groups in total. The quantitative estimate of drug-likeness (QED) is 0.830. The van der Waals surface area contributed by atoms with Crippen molar-refractivity contribution in [3.63, 3.8) is 0 Å². The Morgan fingerprint density at radius 3 is 2.79 bits per heavy atom. The summed E-state index contributed by atoms with van der Waals surface area (Å²) in [4.78, 5) is 25.6. The Balaban J connectivity index is 2.49. The number of benzene rings is 1. The first kappa shape index (κ1) is 13.4. The number of carbonyl (C=O) groups excluding carboxylic acids is 1. The lowest BCUT2D eigenvalue weighted by molar-refractivity contribution is -0.144. The Morgan fingerprint density at radius 1 is 1.47 bits per heavy atom. The molecule has 0 amide bonds. The first-order valence-electron chi connectivity index (χ1n) is 5.69. The minimum atomic E-state index is -0.854. The van der Waals surface area contributed by atoms with E-state index in [-0.39, 0.29) is 12.4 Å². The van der Waals surface area contributed by atoms with Crippen molar-refractivity contribution in [3.8, 4) is 0 Å². The van der Waals surface area contributed by atoms with Crippen LogP contribution in [0.5, 0.6) is 0 Å². The number of hydrogen-bond donors (Lipinski definition) is 2. The van der Waals surface area contributed by atoms with Crippen LogP contribution in [0.2, 0.25) is 5.02 Å². The molecule has 0 fully saturated rings. The fourth-order valence-corrected chi connectivity index (χ4v) is 1.99. The molecule has 1 aromatic carbocycles. The fourth-order valence-electron chi connectivity index (χ4n) is 1.74. The van der Waals surface area contributed by atoms with Crippen molar-refractivity contribution in [1.29, 1.82) is 0 Å². The molecule has 0 bridgehead atoms. The Kier molecular flexibility index (Phi) is 4.01. The van der Waals surface area contributed by atoms with Crippen molar-refractivity contribution >= 4 is 17.6 Å². The summed E-state index contributed by atoms with van der Waals surface area (Å²) < 4.78 is 5.00. The highest BCUT2D eigenvalue weighted by atomic mass is 35.5. The number of halogens is 1. The van der Waals surface area contributed by atoms with Crippen LogP contribution in [0.4, 0.5) is 0 Å². The van der Waals surface area contributed by atoms with Crippen molar-refractivity contribution < 1.29 is 9.53 Å². The average Bonchev–Trinajstić information content (AvgIpc) is 2.79. The molecule has 1 unspecified atom stereocenters. The number of nitrogens with one attached hydrogen (secondary N) is 2. The standard InChI is InChI=1S/C12H12ClN3O3/c1-2-19-11(17)9(10-14-12(18)16-15-10)7-5-3-4-6-8(7)13/h3-6,9H,2H2,1H3,(H2,14,15,16,18). The second-order valence-corrected chi connectivity index (χ2v) is 4.18. The zero-order chi connectivity index (χ0) is 13.8. The van der Waals surface area contributed by atoms with E-state index in [2.05, 4.69) is 15.2 Å². The number of nitrogens with zero attached hydrogens (tertiary/aromatic N) is 1. The molecule has 0 saturated heterocycles. The van der Waals surface area contributed by atoms with Gasteiger partial charge in [-0.25, -0.2) is 9.89 Å². The van der Waals surface area contributed by atoms with E-state index in [1.165, 1.54) is 0 Å². The number of H-pyrrole nitrogens is 2. The second-order valence-electron chi connectivity index (χ2n) is 3.77. The smallest absolute Gasteiger partial charge is 0.340 e. The number of aromatic nitrogens is 3. The van der Waals surface area contributed by atoms with Crippen LogP contribution < -0.4 is 5.69 Å². The van der Waals surface area contributed by atoms with Gasteiger partial charge < -0.3 is 4.74 Å². The van der Waals surface area contributed by atoms with Crippen molar-refractivity contribution in [2.24, 2.45) is 0 Å². The van der Waals surface area contributed by atoms with E-state index in [9.17, 15) is 9.59 Å². The summed E-state index contributed by atoms with van der Waals surface area (Å²) in [6, 6.07) is 6.85. The molecule has 0 aliphatic carbocycles. The van der Waals surface area contributed by atoms with E-state index in [1.54, 1.807) is 31.2 Å². The van der Waals surface area contributed by atoms with Gasteiger partial charge in [0.2, 0.25) is 0 Å². The lowest BCUT2D eigenvalue weighted by Crippen LogP contribution is -2.19. The summed E-state index contributed by atoms with van der Waals surface area (Å²) in [5.74, 6) is -1.19. The predicted octanol–water partition coefficient (Wildman–Crippen LogP) is 1.45. The van der Waals surface area contributed by atoms with Gasteiger partial charge in [0.05, 0.1) is 6.61 Å². The highest BCUT2D eigenvalue weighted by Gasteiger charge is 2.29.